The van der Waals surface area contributed by atoms with Gasteiger partial charge in [0.15, 0.2) is 0 Å². The van der Waals surface area contributed by atoms with Crippen LogP contribution in [-0.4, -0.2) is 49.4 Å². The summed E-state index contributed by atoms with van der Waals surface area (Å²) in [7, 11) is 1.92. The second-order valence-electron chi connectivity index (χ2n) is 4.54. The summed E-state index contributed by atoms with van der Waals surface area (Å²) in [4.78, 5) is 25.9. The van der Waals surface area contributed by atoms with Crippen molar-refractivity contribution in [2.75, 3.05) is 26.7 Å². The summed E-state index contributed by atoms with van der Waals surface area (Å²) < 4.78 is 0. The van der Waals surface area contributed by atoms with Crippen molar-refractivity contribution >= 4 is 23.2 Å². The maximum Gasteiger partial charge on any atom is 0.279 e. The number of rotatable bonds is 4. The fraction of sp³-hybridized carbons (Fsp3) is 0.500. The minimum absolute atomic E-state index is 0.209. The first kappa shape index (κ1) is 14.0. The molecule has 0 radical (unpaired) electrons. The molecule has 0 bridgehead atoms. The average molecular weight is 282 g/mol. The summed E-state index contributed by atoms with van der Waals surface area (Å²) in [6.45, 7) is 2.17. The molecular weight excluding hydrogens is 264 g/mol. The Morgan fingerprint density at radius 1 is 1.53 bits per heavy atom. The molecule has 1 atom stereocenters. The van der Waals surface area contributed by atoms with Gasteiger partial charge in [-0.1, -0.05) is 6.07 Å². The van der Waals surface area contributed by atoms with Gasteiger partial charge in [0.1, 0.15) is 0 Å². The molecule has 2 heterocycles. The van der Waals surface area contributed by atoms with Crippen molar-refractivity contribution in [1.82, 2.24) is 21.1 Å². The van der Waals surface area contributed by atoms with Crippen LogP contribution in [-0.2, 0) is 4.79 Å². The molecule has 0 spiro atoms. The third-order valence-corrected chi connectivity index (χ3v) is 3.98. The molecule has 1 saturated heterocycles. The minimum atomic E-state index is -0.284. The van der Waals surface area contributed by atoms with Gasteiger partial charge < -0.3 is 5.32 Å². The van der Waals surface area contributed by atoms with Gasteiger partial charge in [-0.15, -0.1) is 11.3 Å². The molecule has 1 aliphatic rings. The summed E-state index contributed by atoms with van der Waals surface area (Å²) in [6.07, 6.45) is 1.05. The van der Waals surface area contributed by atoms with E-state index in [1.165, 1.54) is 11.3 Å². The molecule has 0 aliphatic carbocycles. The first-order chi connectivity index (χ1) is 9.16. The summed E-state index contributed by atoms with van der Waals surface area (Å²) in [6, 6.07) is 3.89. The first-order valence-electron chi connectivity index (χ1n) is 6.20. The molecule has 1 aromatic heterocycles. The first-order valence-corrected chi connectivity index (χ1v) is 7.08. The molecule has 19 heavy (non-hydrogen) atoms. The van der Waals surface area contributed by atoms with E-state index in [0.29, 0.717) is 10.9 Å². The topological polar surface area (TPSA) is 73.5 Å². The molecule has 2 rings (SSSR count). The molecule has 1 fully saturated rings. The van der Waals surface area contributed by atoms with Crippen molar-refractivity contribution in [2.24, 2.45) is 0 Å². The van der Waals surface area contributed by atoms with Gasteiger partial charge in [0.2, 0.25) is 0 Å². The molecule has 104 valence electrons. The van der Waals surface area contributed by atoms with Crippen LogP contribution in [0.5, 0.6) is 0 Å². The van der Waals surface area contributed by atoms with Gasteiger partial charge in [-0.05, 0) is 31.5 Å². The average Bonchev–Trinajstić information content (AvgIpc) is 3.07. The van der Waals surface area contributed by atoms with E-state index < -0.39 is 0 Å². The Morgan fingerprint density at radius 3 is 3.00 bits per heavy atom. The number of carbonyl (C=O) groups excluding carboxylic acids is 2. The number of nitrogens with zero attached hydrogens (tertiary/aromatic N) is 1. The van der Waals surface area contributed by atoms with Crippen LogP contribution in [0, 0.1) is 0 Å². The smallest absolute Gasteiger partial charge is 0.279 e. The Hall–Kier alpha value is -1.44. The largest absolute Gasteiger partial charge is 0.315 e. The second-order valence-corrected chi connectivity index (χ2v) is 5.49. The fourth-order valence-corrected chi connectivity index (χ4v) is 2.63. The molecule has 0 saturated carbocycles. The zero-order valence-corrected chi connectivity index (χ0v) is 11.6. The van der Waals surface area contributed by atoms with Gasteiger partial charge in [-0.3, -0.25) is 25.3 Å². The molecule has 1 unspecified atom stereocenters. The van der Waals surface area contributed by atoms with Crippen molar-refractivity contribution in [3.63, 3.8) is 0 Å². The van der Waals surface area contributed by atoms with Crippen molar-refractivity contribution in [3.8, 4) is 0 Å². The third kappa shape index (κ3) is 4.02. The van der Waals surface area contributed by atoms with Gasteiger partial charge in [-0.2, -0.15) is 0 Å². The van der Waals surface area contributed by atoms with E-state index in [4.69, 9.17) is 0 Å². The number of hydrogen-bond donors (Lipinski definition) is 3. The van der Waals surface area contributed by atoms with E-state index in [9.17, 15) is 9.59 Å². The fourth-order valence-electron chi connectivity index (χ4n) is 2.01. The van der Waals surface area contributed by atoms with E-state index in [2.05, 4.69) is 16.2 Å². The summed E-state index contributed by atoms with van der Waals surface area (Å²) in [5.41, 5.74) is 4.84. The molecule has 0 aromatic carbocycles. The van der Waals surface area contributed by atoms with Gasteiger partial charge in [0, 0.05) is 12.6 Å². The lowest BCUT2D eigenvalue weighted by atomic mass is 10.2. The SMILES string of the molecule is CN(CC(=O)NNC(=O)c1cccs1)C1CCNC1. The van der Waals surface area contributed by atoms with Crippen molar-refractivity contribution in [2.45, 2.75) is 12.5 Å². The van der Waals surface area contributed by atoms with E-state index in [0.717, 1.165) is 19.5 Å². The molecule has 1 aliphatic heterocycles. The van der Waals surface area contributed by atoms with E-state index in [1.807, 2.05) is 17.3 Å². The van der Waals surface area contributed by atoms with Crippen molar-refractivity contribution < 1.29 is 9.59 Å². The van der Waals surface area contributed by atoms with Crippen LogP contribution in [0.1, 0.15) is 16.1 Å². The highest BCUT2D eigenvalue weighted by Gasteiger charge is 2.20. The lowest BCUT2D eigenvalue weighted by Gasteiger charge is -2.22. The Balaban J connectivity index is 1.71. The second kappa shape index (κ2) is 6.65. The quantitative estimate of drug-likeness (QED) is 0.669. The Bertz CT molecular complexity index is 429. The highest BCUT2D eigenvalue weighted by atomic mass is 32.1. The van der Waals surface area contributed by atoms with Crippen LogP contribution in [0.15, 0.2) is 17.5 Å². The van der Waals surface area contributed by atoms with Crippen LogP contribution in [0.25, 0.3) is 0 Å². The molecule has 3 N–H and O–H groups in total. The lowest BCUT2D eigenvalue weighted by Crippen LogP contribution is -2.47. The predicted octanol–water partition coefficient (Wildman–Crippen LogP) is -0.197. The molecule has 6 nitrogen and oxygen atoms in total. The Kier molecular flexibility index (Phi) is 4.89. The predicted molar refractivity (Wildman–Crippen MR) is 73.8 cm³/mol. The number of hydrogen-bond acceptors (Lipinski definition) is 5. The molecule has 7 heteroatoms. The van der Waals surface area contributed by atoms with E-state index >= 15 is 0 Å². The maximum absolute atomic E-state index is 11.7. The van der Waals surface area contributed by atoms with Crippen LogP contribution in [0.3, 0.4) is 0 Å². The molecule has 2 amide bonds. The number of hydrazine groups is 1. The summed E-state index contributed by atoms with van der Waals surface area (Å²) in [5.74, 6) is -0.493. The maximum atomic E-state index is 11.7. The molecular formula is C12H18N4O2S. The number of amides is 2. The lowest BCUT2D eigenvalue weighted by molar-refractivity contribution is -0.123. The highest BCUT2D eigenvalue weighted by molar-refractivity contribution is 7.12. The zero-order valence-electron chi connectivity index (χ0n) is 10.8. The van der Waals surface area contributed by atoms with Crippen molar-refractivity contribution in [1.29, 1.82) is 0 Å². The van der Waals surface area contributed by atoms with E-state index in [-0.39, 0.29) is 18.4 Å². The van der Waals surface area contributed by atoms with Crippen LogP contribution >= 0.6 is 11.3 Å². The number of carbonyl (C=O) groups is 2. The Labute approximate surface area is 116 Å². The standard InChI is InChI=1S/C12H18N4O2S/c1-16(9-4-5-13-7-9)8-11(17)14-15-12(18)10-3-2-6-19-10/h2-3,6,9,13H,4-5,7-8H2,1H3,(H,14,17)(H,15,18). The van der Waals surface area contributed by atoms with Gasteiger partial charge >= 0.3 is 0 Å². The number of nitrogens with one attached hydrogen (secondary N) is 3. The zero-order chi connectivity index (χ0) is 13.7. The van der Waals surface area contributed by atoms with E-state index in [1.54, 1.807) is 12.1 Å². The monoisotopic (exact) mass is 282 g/mol. The number of thiophene rings is 1. The van der Waals surface area contributed by atoms with Gasteiger partial charge in [-0.25, -0.2) is 0 Å². The van der Waals surface area contributed by atoms with Crippen LogP contribution in [0.2, 0.25) is 0 Å². The van der Waals surface area contributed by atoms with Crippen molar-refractivity contribution in [3.05, 3.63) is 22.4 Å². The number of likely N-dealkylation sites (N-methyl/N-ethyl adjacent to an activating group) is 1. The minimum Gasteiger partial charge on any atom is -0.315 e. The third-order valence-electron chi connectivity index (χ3n) is 3.11. The van der Waals surface area contributed by atoms with Crippen LogP contribution in [0.4, 0.5) is 0 Å². The summed E-state index contributed by atoms with van der Waals surface area (Å²) in [5, 5.41) is 5.07. The molecule has 1 aromatic rings. The normalized spacial score (nSPS) is 18.5. The van der Waals surface area contributed by atoms with Crippen LogP contribution < -0.4 is 16.2 Å². The highest BCUT2D eigenvalue weighted by Crippen LogP contribution is 2.07. The van der Waals surface area contributed by atoms with Gasteiger partial charge in [0.25, 0.3) is 11.8 Å². The van der Waals surface area contributed by atoms with Gasteiger partial charge in [0.05, 0.1) is 11.4 Å². The Morgan fingerprint density at radius 2 is 2.37 bits per heavy atom. The summed E-state index contributed by atoms with van der Waals surface area (Å²) >= 11 is 1.33.